The second kappa shape index (κ2) is 3.57. The lowest BCUT2D eigenvalue weighted by molar-refractivity contribution is 0.618. The third-order valence-electron chi connectivity index (χ3n) is 1.63. The van der Waals surface area contributed by atoms with E-state index >= 15 is 0 Å². The molecule has 0 saturated heterocycles. The standard InChI is InChI=1S/C10H14FN/c1-7(2)12-9-5-4-8(3)10(11)6-9/h4-7,12H,1-3H3. The van der Waals surface area contributed by atoms with Crippen LogP contribution in [0.2, 0.25) is 0 Å². The lowest BCUT2D eigenvalue weighted by Gasteiger charge is -2.10. The van der Waals surface area contributed by atoms with Crippen molar-refractivity contribution >= 4 is 5.69 Å². The van der Waals surface area contributed by atoms with E-state index in [2.05, 4.69) is 5.32 Å². The highest BCUT2D eigenvalue weighted by Crippen LogP contribution is 2.13. The van der Waals surface area contributed by atoms with Crippen molar-refractivity contribution in [2.45, 2.75) is 26.8 Å². The topological polar surface area (TPSA) is 12.0 Å². The average Bonchev–Trinajstić information content (AvgIpc) is 1.96. The lowest BCUT2D eigenvalue weighted by Crippen LogP contribution is -2.09. The molecule has 1 aromatic rings. The molecule has 1 N–H and O–H groups in total. The van der Waals surface area contributed by atoms with Crippen molar-refractivity contribution in [1.29, 1.82) is 0 Å². The molecule has 0 radical (unpaired) electrons. The van der Waals surface area contributed by atoms with Crippen molar-refractivity contribution in [3.05, 3.63) is 29.6 Å². The highest BCUT2D eigenvalue weighted by Gasteiger charge is 1.99. The predicted octanol–water partition coefficient (Wildman–Crippen LogP) is 2.95. The molecule has 0 saturated carbocycles. The molecule has 0 unspecified atom stereocenters. The second-order valence-corrected chi connectivity index (χ2v) is 3.26. The first-order chi connectivity index (χ1) is 5.59. The molecule has 0 amide bonds. The summed E-state index contributed by atoms with van der Waals surface area (Å²) in [6.45, 7) is 5.81. The molecule has 0 fully saturated rings. The molecule has 0 atom stereocenters. The first kappa shape index (κ1) is 9.04. The third kappa shape index (κ3) is 2.22. The molecular weight excluding hydrogens is 153 g/mol. The minimum absolute atomic E-state index is 0.152. The third-order valence-corrected chi connectivity index (χ3v) is 1.63. The summed E-state index contributed by atoms with van der Waals surface area (Å²) in [5.41, 5.74) is 1.53. The Balaban J connectivity index is 2.82. The molecule has 1 nitrogen and oxygen atoms in total. The maximum Gasteiger partial charge on any atom is 0.128 e. The van der Waals surface area contributed by atoms with E-state index in [0.717, 1.165) is 5.69 Å². The summed E-state index contributed by atoms with van der Waals surface area (Å²) in [7, 11) is 0. The van der Waals surface area contributed by atoms with Gasteiger partial charge in [0.15, 0.2) is 0 Å². The van der Waals surface area contributed by atoms with Crippen molar-refractivity contribution < 1.29 is 4.39 Å². The molecule has 1 aromatic carbocycles. The Morgan fingerprint density at radius 2 is 2.00 bits per heavy atom. The molecule has 1 rings (SSSR count). The maximum absolute atomic E-state index is 13.0. The monoisotopic (exact) mass is 167 g/mol. The lowest BCUT2D eigenvalue weighted by atomic mass is 10.2. The van der Waals surface area contributed by atoms with Crippen molar-refractivity contribution in [3.8, 4) is 0 Å². The number of hydrogen-bond donors (Lipinski definition) is 1. The normalized spacial score (nSPS) is 10.4. The van der Waals surface area contributed by atoms with Gasteiger partial charge in [-0.1, -0.05) is 6.07 Å². The quantitative estimate of drug-likeness (QED) is 0.714. The van der Waals surface area contributed by atoms with Crippen LogP contribution in [0.5, 0.6) is 0 Å². The van der Waals surface area contributed by atoms with Crippen LogP contribution < -0.4 is 5.32 Å². The summed E-state index contributed by atoms with van der Waals surface area (Å²) in [5, 5.41) is 3.13. The Morgan fingerprint density at radius 1 is 1.33 bits per heavy atom. The Bertz CT molecular complexity index is 269. The van der Waals surface area contributed by atoms with Crippen LogP contribution in [-0.4, -0.2) is 6.04 Å². The van der Waals surface area contributed by atoms with E-state index in [9.17, 15) is 4.39 Å². The number of hydrogen-bond acceptors (Lipinski definition) is 1. The minimum atomic E-state index is -0.152. The van der Waals surface area contributed by atoms with Gasteiger partial charge in [-0.3, -0.25) is 0 Å². The van der Waals surface area contributed by atoms with E-state index in [1.165, 1.54) is 6.07 Å². The van der Waals surface area contributed by atoms with Crippen LogP contribution in [0.25, 0.3) is 0 Å². The molecule has 2 heteroatoms. The zero-order valence-electron chi connectivity index (χ0n) is 7.69. The number of benzene rings is 1. The summed E-state index contributed by atoms with van der Waals surface area (Å²) in [4.78, 5) is 0. The summed E-state index contributed by atoms with van der Waals surface area (Å²) < 4.78 is 13.0. The van der Waals surface area contributed by atoms with Gasteiger partial charge in [0, 0.05) is 11.7 Å². The van der Waals surface area contributed by atoms with Gasteiger partial charge in [0.05, 0.1) is 0 Å². The fourth-order valence-electron chi connectivity index (χ4n) is 1.02. The van der Waals surface area contributed by atoms with E-state index in [4.69, 9.17) is 0 Å². The first-order valence-electron chi connectivity index (χ1n) is 4.12. The number of rotatable bonds is 2. The van der Waals surface area contributed by atoms with Crippen LogP contribution in [-0.2, 0) is 0 Å². The van der Waals surface area contributed by atoms with Gasteiger partial charge in [0.1, 0.15) is 5.82 Å². The first-order valence-corrected chi connectivity index (χ1v) is 4.12. The van der Waals surface area contributed by atoms with E-state index in [-0.39, 0.29) is 5.82 Å². The van der Waals surface area contributed by atoms with E-state index < -0.39 is 0 Å². The molecule has 0 aliphatic rings. The molecule has 66 valence electrons. The number of nitrogens with one attached hydrogen (secondary N) is 1. The van der Waals surface area contributed by atoms with Gasteiger partial charge in [-0.2, -0.15) is 0 Å². The fourth-order valence-corrected chi connectivity index (χ4v) is 1.02. The molecule has 0 aliphatic heterocycles. The van der Waals surface area contributed by atoms with Crippen LogP contribution in [0.1, 0.15) is 19.4 Å². The average molecular weight is 167 g/mol. The fraction of sp³-hybridized carbons (Fsp3) is 0.400. The van der Waals surface area contributed by atoms with Gasteiger partial charge in [-0.25, -0.2) is 4.39 Å². The second-order valence-electron chi connectivity index (χ2n) is 3.26. The van der Waals surface area contributed by atoms with Crippen molar-refractivity contribution in [2.75, 3.05) is 5.32 Å². The van der Waals surface area contributed by atoms with Crippen LogP contribution in [0.15, 0.2) is 18.2 Å². The highest BCUT2D eigenvalue weighted by atomic mass is 19.1. The van der Waals surface area contributed by atoms with E-state index in [0.29, 0.717) is 11.6 Å². The summed E-state index contributed by atoms with van der Waals surface area (Å²) in [6.07, 6.45) is 0. The van der Waals surface area contributed by atoms with Crippen LogP contribution >= 0.6 is 0 Å². The molecule has 0 spiro atoms. The van der Waals surface area contributed by atoms with E-state index in [1.807, 2.05) is 19.9 Å². The maximum atomic E-state index is 13.0. The van der Waals surface area contributed by atoms with Gasteiger partial charge in [-0.15, -0.1) is 0 Å². The van der Waals surface area contributed by atoms with Crippen molar-refractivity contribution in [1.82, 2.24) is 0 Å². The van der Waals surface area contributed by atoms with Crippen LogP contribution in [0.4, 0.5) is 10.1 Å². The van der Waals surface area contributed by atoms with Gasteiger partial charge >= 0.3 is 0 Å². The van der Waals surface area contributed by atoms with Gasteiger partial charge in [-0.05, 0) is 38.5 Å². The highest BCUT2D eigenvalue weighted by molar-refractivity contribution is 5.45. The Labute approximate surface area is 72.6 Å². The number of anilines is 1. The minimum Gasteiger partial charge on any atom is -0.383 e. The predicted molar refractivity (Wildman–Crippen MR) is 49.9 cm³/mol. The van der Waals surface area contributed by atoms with Crippen molar-refractivity contribution in [3.63, 3.8) is 0 Å². The summed E-state index contributed by atoms with van der Waals surface area (Å²) >= 11 is 0. The Morgan fingerprint density at radius 3 is 2.50 bits per heavy atom. The summed E-state index contributed by atoms with van der Waals surface area (Å²) in [6, 6.07) is 5.53. The Hall–Kier alpha value is -1.05. The SMILES string of the molecule is Cc1ccc(NC(C)C)cc1F. The molecular formula is C10H14FN. The largest absolute Gasteiger partial charge is 0.383 e. The zero-order valence-corrected chi connectivity index (χ0v) is 7.69. The molecule has 12 heavy (non-hydrogen) atoms. The van der Waals surface area contributed by atoms with E-state index in [1.54, 1.807) is 13.0 Å². The number of halogens is 1. The molecule has 0 heterocycles. The Kier molecular flexibility index (Phi) is 2.69. The van der Waals surface area contributed by atoms with Gasteiger partial charge in [0.25, 0.3) is 0 Å². The number of aryl methyl sites for hydroxylation is 1. The smallest absolute Gasteiger partial charge is 0.128 e. The molecule has 0 aliphatic carbocycles. The van der Waals surface area contributed by atoms with Crippen LogP contribution in [0, 0.1) is 12.7 Å². The molecule has 0 aromatic heterocycles. The molecule has 0 bridgehead atoms. The van der Waals surface area contributed by atoms with Gasteiger partial charge < -0.3 is 5.32 Å². The van der Waals surface area contributed by atoms with Gasteiger partial charge in [0.2, 0.25) is 0 Å². The van der Waals surface area contributed by atoms with Crippen molar-refractivity contribution in [2.24, 2.45) is 0 Å². The van der Waals surface area contributed by atoms with Crippen LogP contribution in [0.3, 0.4) is 0 Å². The summed E-state index contributed by atoms with van der Waals surface area (Å²) in [5.74, 6) is -0.152. The zero-order chi connectivity index (χ0) is 9.14.